The van der Waals surface area contributed by atoms with Crippen molar-refractivity contribution in [1.82, 2.24) is 19.9 Å². The van der Waals surface area contributed by atoms with E-state index in [4.69, 9.17) is 4.74 Å². The lowest BCUT2D eigenvalue weighted by Gasteiger charge is -2.28. The van der Waals surface area contributed by atoms with Crippen molar-refractivity contribution in [3.63, 3.8) is 0 Å². The zero-order valence-corrected chi connectivity index (χ0v) is 16.8. The Kier molecular flexibility index (Phi) is 6.39. The van der Waals surface area contributed by atoms with Crippen molar-refractivity contribution >= 4 is 11.9 Å². The van der Waals surface area contributed by atoms with E-state index >= 15 is 0 Å². The van der Waals surface area contributed by atoms with E-state index < -0.39 is 5.97 Å². The molecule has 0 saturated carbocycles. The predicted molar refractivity (Wildman–Crippen MR) is 109 cm³/mol. The van der Waals surface area contributed by atoms with Crippen LogP contribution in [0.25, 0.3) is 5.69 Å². The molecule has 0 spiro atoms. The molecule has 29 heavy (non-hydrogen) atoms. The molecule has 1 atom stereocenters. The number of amides is 1. The van der Waals surface area contributed by atoms with Gasteiger partial charge in [0.05, 0.1) is 35.2 Å². The molecule has 0 fully saturated rings. The number of aryl methyl sites for hydroxylation is 1. The number of hydrogen-bond donors (Lipinski definition) is 0. The molecule has 0 saturated heterocycles. The van der Waals surface area contributed by atoms with Crippen molar-refractivity contribution in [3.8, 4) is 5.69 Å². The summed E-state index contributed by atoms with van der Waals surface area (Å²) in [6.45, 7) is 6.27. The second-order valence-electron chi connectivity index (χ2n) is 6.74. The molecule has 150 valence electrons. The second kappa shape index (κ2) is 9.14. The zero-order valence-electron chi connectivity index (χ0n) is 16.8. The standard InChI is InChI=1S/C22H24N4O3/c1-4-25(17(3)15-29-22(28)18-8-6-5-7-9-18)21(27)19-14-16(2)10-11-20(19)26-23-12-13-24-26/h5-14,17H,4,15H2,1-3H3. The van der Waals surface area contributed by atoms with Gasteiger partial charge < -0.3 is 9.64 Å². The van der Waals surface area contributed by atoms with Gasteiger partial charge in [-0.3, -0.25) is 4.79 Å². The summed E-state index contributed by atoms with van der Waals surface area (Å²) in [5.41, 5.74) is 2.56. The Morgan fingerprint density at radius 2 is 1.79 bits per heavy atom. The molecule has 0 radical (unpaired) electrons. The van der Waals surface area contributed by atoms with Crippen LogP contribution >= 0.6 is 0 Å². The van der Waals surface area contributed by atoms with Crippen LogP contribution in [0.3, 0.4) is 0 Å². The summed E-state index contributed by atoms with van der Waals surface area (Å²) >= 11 is 0. The fourth-order valence-electron chi connectivity index (χ4n) is 3.09. The van der Waals surface area contributed by atoms with Crippen molar-refractivity contribution in [2.24, 2.45) is 0 Å². The number of aromatic nitrogens is 3. The Bertz CT molecular complexity index is 971. The van der Waals surface area contributed by atoms with E-state index in [0.29, 0.717) is 23.4 Å². The molecule has 3 rings (SSSR count). The first-order valence-corrected chi connectivity index (χ1v) is 9.51. The number of likely N-dealkylation sites (N-methyl/N-ethyl adjacent to an activating group) is 1. The molecule has 0 bridgehead atoms. The van der Waals surface area contributed by atoms with E-state index in [0.717, 1.165) is 5.56 Å². The van der Waals surface area contributed by atoms with Crippen LogP contribution in [0.5, 0.6) is 0 Å². The predicted octanol–water partition coefficient (Wildman–Crippen LogP) is 3.28. The van der Waals surface area contributed by atoms with Crippen LogP contribution in [0.2, 0.25) is 0 Å². The number of benzene rings is 2. The highest BCUT2D eigenvalue weighted by atomic mass is 16.5. The van der Waals surface area contributed by atoms with E-state index in [1.165, 1.54) is 4.80 Å². The number of carbonyl (C=O) groups is 2. The van der Waals surface area contributed by atoms with Gasteiger partial charge in [-0.05, 0) is 45.0 Å². The van der Waals surface area contributed by atoms with Crippen LogP contribution in [0.4, 0.5) is 0 Å². The van der Waals surface area contributed by atoms with E-state index in [1.54, 1.807) is 41.6 Å². The maximum absolute atomic E-state index is 13.3. The molecule has 0 N–H and O–H groups in total. The molecule has 0 aliphatic rings. The zero-order chi connectivity index (χ0) is 20.8. The van der Waals surface area contributed by atoms with Crippen LogP contribution in [-0.4, -0.2) is 51.0 Å². The molecule has 0 aliphatic carbocycles. The van der Waals surface area contributed by atoms with E-state index in [1.807, 2.05) is 45.0 Å². The minimum atomic E-state index is -0.405. The van der Waals surface area contributed by atoms with Gasteiger partial charge in [0.15, 0.2) is 0 Å². The summed E-state index contributed by atoms with van der Waals surface area (Å²) in [7, 11) is 0. The topological polar surface area (TPSA) is 77.3 Å². The third-order valence-electron chi connectivity index (χ3n) is 4.62. The lowest BCUT2D eigenvalue weighted by Crippen LogP contribution is -2.42. The third kappa shape index (κ3) is 4.68. The number of hydrogen-bond acceptors (Lipinski definition) is 5. The van der Waals surface area contributed by atoms with Crippen LogP contribution in [-0.2, 0) is 4.74 Å². The number of ether oxygens (including phenoxy) is 1. The smallest absolute Gasteiger partial charge is 0.338 e. The Morgan fingerprint density at radius 3 is 2.45 bits per heavy atom. The Morgan fingerprint density at radius 1 is 1.10 bits per heavy atom. The normalized spacial score (nSPS) is 11.7. The Balaban J connectivity index is 1.77. The molecular weight excluding hydrogens is 368 g/mol. The fraction of sp³-hybridized carbons (Fsp3) is 0.273. The molecular formula is C22H24N4O3. The molecule has 1 unspecified atom stereocenters. The highest BCUT2D eigenvalue weighted by Gasteiger charge is 2.24. The van der Waals surface area contributed by atoms with Gasteiger partial charge in [-0.2, -0.15) is 15.0 Å². The summed E-state index contributed by atoms with van der Waals surface area (Å²) < 4.78 is 5.42. The first-order valence-electron chi connectivity index (χ1n) is 9.51. The highest BCUT2D eigenvalue weighted by molar-refractivity contribution is 5.98. The van der Waals surface area contributed by atoms with Crippen LogP contribution in [0.1, 0.15) is 40.1 Å². The van der Waals surface area contributed by atoms with Gasteiger partial charge in [0.25, 0.3) is 5.91 Å². The summed E-state index contributed by atoms with van der Waals surface area (Å²) in [6, 6.07) is 14.1. The molecule has 0 aliphatic heterocycles. The average Bonchev–Trinajstić information content (AvgIpc) is 3.27. The van der Waals surface area contributed by atoms with Crippen LogP contribution < -0.4 is 0 Å². The van der Waals surface area contributed by atoms with Gasteiger partial charge in [-0.1, -0.05) is 29.8 Å². The molecule has 7 nitrogen and oxygen atoms in total. The van der Waals surface area contributed by atoms with E-state index in [2.05, 4.69) is 10.2 Å². The summed E-state index contributed by atoms with van der Waals surface area (Å²) in [5, 5.41) is 8.30. The van der Waals surface area contributed by atoms with Crippen LogP contribution in [0.15, 0.2) is 60.9 Å². The quantitative estimate of drug-likeness (QED) is 0.577. The number of nitrogens with zero attached hydrogens (tertiary/aromatic N) is 4. The molecule has 1 heterocycles. The highest BCUT2D eigenvalue weighted by Crippen LogP contribution is 2.19. The molecule has 3 aromatic rings. The van der Waals surface area contributed by atoms with Crippen molar-refractivity contribution in [1.29, 1.82) is 0 Å². The average molecular weight is 392 g/mol. The van der Waals surface area contributed by atoms with Gasteiger partial charge in [0.1, 0.15) is 6.61 Å². The van der Waals surface area contributed by atoms with Gasteiger partial charge in [0.2, 0.25) is 0 Å². The minimum Gasteiger partial charge on any atom is -0.460 e. The maximum Gasteiger partial charge on any atom is 0.338 e. The van der Waals surface area contributed by atoms with Crippen LogP contribution in [0, 0.1) is 6.92 Å². The van der Waals surface area contributed by atoms with Gasteiger partial charge in [-0.25, -0.2) is 4.79 Å². The minimum absolute atomic E-state index is 0.106. The first kappa shape index (κ1) is 20.3. The fourth-order valence-corrected chi connectivity index (χ4v) is 3.09. The Labute approximate surface area is 169 Å². The summed E-state index contributed by atoms with van der Waals surface area (Å²) in [6.07, 6.45) is 3.13. The van der Waals surface area contributed by atoms with Gasteiger partial charge >= 0.3 is 5.97 Å². The summed E-state index contributed by atoms with van der Waals surface area (Å²) in [4.78, 5) is 28.6. The molecule has 1 aromatic heterocycles. The monoisotopic (exact) mass is 392 g/mol. The second-order valence-corrected chi connectivity index (χ2v) is 6.74. The summed E-state index contributed by atoms with van der Waals surface area (Å²) in [5.74, 6) is -0.565. The lowest BCUT2D eigenvalue weighted by atomic mass is 10.1. The maximum atomic E-state index is 13.3. The lowest BCUT2D eigenvalue weighted by molar-refractivity contribution is 0.0344. The Hall–Kier alpha value is -3.48. The number of carbonyl (C=O) groups excluding carboxylic acids is 2. The largest absolute Gasteiger partial charge is 0.460 e. The van der Waals surface area contributed by atoms with E-state index in [9.17, 15) is 9.59 Å². The third-order valence-corrected chi connectivity index (χ3v) is 4.62. The van der Waals surface area contributed by atoms with Gasteiger partial charge in [-0.15, -0.1) is 0 Å². The SMILES string of the molecule is CCN(C(=O)c1cc(C)ccc1-n1nccn1)C(C)COC(=O)c1ccccc1. The van der Waals surface area contributed by atoms with Crippen molar-refractivity contribution in [2.45, 2.75) is 26.8 Å². The van der Waals surface area contributed by atoms with E-state index in [-0.39, 0.29) is 18.6 Å². The van der Waals surface area contributed by atoms with Crippen molar-refractivity contribution in [2.75, 3.05) is 13.2 Å². The number of esters is 1. The first-order chi connectivity index (χ1) is 14.0. The number of rotatable bonds is 7. The molecule has 1 amide bonds. The van der Waals surface area contributed by atoms with Crippen molar-refractivity contribution in [3.05, 3.63) is 77.6 Å². The molecule has 7 heteroatoms. The van der Waals surface area contributed by atoms with Gasteiger partial charge in [0, 0.05) is 6.54 Å². The van der Waals surface area contributed by atoms with Crippen molar-refractivity contribution < 1.29 is 14.3 Å². The molecule has 2 aromatic carbocycles.